The number of rotatable bonds is 2. The maximum absolute atomic E-state index is 12.2. The number of carboxylic acids is 1. The minimum Gasteiger partial charge on any atom is -0.480 e. The molecule has 24 heavy (non-hydrogen) atoms. The summed E-state index contributed by atoms with van der Waals surface area (Å²) in [4.78, 5) is 14.8. The minimum absolute atomic E-state index is 0.126. The lowest BCUT2D eigenvalue weighted by atomic mass is 9.63. The number of carbonyl (C=O) groups is 1. The van der Waals surface area contributed by atoms with E-state index in [2.05, 4.69) is 34.6 Å². The van der Waals surface area contributed by atoms with Crippen molar-refractivity contribution in [2.75, 3.05) is 13.1 Å². The number of carboxylic acid groups (broad SMARTS) is 1. The average Bonchev–Trinajstić information content (AvgIpc) is 2.95. The molecule has 3 aliphatic heterocycles. The fraction of sp³-hybridized carbons (Fsp3) is 0.550. The Balaban J connectivity index is 1.87. The van der Waals surface area contributed by atoms with Crippen molar-refractivity contribution in [3.8, 4) is 0 Å². The molecule has 1 unspecified atom stereocenters. The molecule has 0 amide bonds. The summed E-state index contributed by atoms with van der Waals surface area (Å²) in [5.41, 5.74) is 3.98. The predicted molar refractivity (Wildman–Crippen MR) is 93.2 cm³/mol. The van der Waals surface area contributed by atoms with Crippen molar-refractivity contribution in [2.45, 2.75) is 51.1 Å². The van der Waals surface area contributed by atoms with Gasteiger partial charge in [-0.3, -0.25) is 4.90 Å². The van der Waals surface area contributed by atoms with Gasteiger partial charge >= 0.3 is 5.97 Å². The normalized spacial score (nSPS) is 31.9. The maximum atomic E-state index is 12.2. The first-order valence-corrected chi connectivity index (χ1v) is 9.25. The summed E-state index contributed by atoms with van der Waals surface area (Å²) in [6, 6.07) is 8.39. The van der Waals surface area contributed by atoms with Crippen LogP contribution in [0.15, 0.2) is 24.3 Å². The molecule has 0 radical (unpaired) electrons. The Morgan fingerprint density at radius 1 is 1.33 bits per heavy atom. The van der Waals surface area contributed by atoms with Crippen molar-refractivity contribution in [2.24, 2.45) is 5.41 Å². The van der Waals surface area contributed by atoms with Gasteiger partial charge in [-0.1, -0.05) is 25.1 Å². The number of piperidine rings is 1. The summed E-state index contributed by atoms with van der Waals surface area (Å²) in [5, 5.41) is 11.3. The van der Waals surface area contributed by atoms with E-state index in [4.69, 9.17) is 0 Å². The van der Waals surface area contributed by atoms with Crippen LogP contribution in [0.1, 0.15) is 55.9 Å². The van der Waals surface area contributed by atoms with Gasteiger partial charge in [0.05, 0.1) is 6.04 Å². The molecule has 4 nitrogen and oxygen atoms in total. The number of benzene rings is 1. The van der Waals surface area contributed by atoms with Gasteiger partial charge in [-0.25, -0.2) is 4.79 Å². The highest BCUT2D eigenvalue weighted by atomic mass is 16.4. The Bertz CT molecular complexity index is 840. The first-order valence-electron chi connectivity index (χ1n) is 9.25. The quantitative estimate of drug-likeness (QED) is 0.915. The zero-order chi connectivity index (χ0) is 16.5. The van der Waals surface area contributed by atoms with Gasteiger partial charge in [0.15, 0.2) is 0 Å². The molecule has 3 aliphatic rings. The second-order valence-corrected chi connectivity index (χ2v) is 7.82. The first-order chi connectivity index (χ1) is 11.7. The fourth-order valence-electron chi connectivity index (χ4n) is 5.90. The van der Waals surface area contributed by atoms with E-state index >= 15 is 0 Å². The fourth-order valence-corrected chi connectivity index (χ4v) is 5.90. The van der Waals surface area contributed by atoms with E-state index in [1.54, 1.807) is 0 Å². The molecule has 3 atom stereocenters. The van der Waals surface area contributed by atoms with Crippen molar-refractivity contribution >= 4 is 16.9 Å². The van der Waals surface area contributed by atoms with Crippen LogP contribution < -0.4 is 0 Å². The zero-order valence-corrected chi connectivity index (χ0v) is 14.2. The Kier molecular flexibility index (Phi) is 2.94. The summed E-state index contributed by atoms with van der Waals surface area (Å²) in [6.07, 6.45) is 5.25. The molecule has 0 aliphatic carbocycles. The van der Waals surface area contributed by atoms with Crippen LogP contribution in [0.5, 0.6) is 0 Å². The number of nitrogens with zero attached hydrogens (tertiary/aromatic N) is 2. The molecule has 0 bridgehead atoms. The van der Waals surface area contributed by atoms with Gasteiger partial charge in [0.2, 0.25) is 0 Å². The number of hydrogen-bond donors (Lipinski definition) is 1. The standard InChI is InChI=1S/C20H24N2O2/c1-2-20-9-5-10-21-11-8-14-13-6-3-4-7-15(13)22(17(14)18(20)21)16(12-20)19(23)24/h3-4,6-7,16,18H,2,5,8-12H2,1H3,(H,23,24)/t16?,18-,20+/m0/s1. The minimum atomic E-state index is -0.674. The van der Waals surface area contributed by atoms with Crippen LogP contribution >= 0.6 is 0 Å². The maximum Gasteiger partial charge on any atom is 0.326 e. The smallest absolute Gasteiger partial charge is 0.326 e. The lowest BCUT2D eigenvalue weighted by molar-refractivity contribution is -0.145. The molecule has 126 valence electrons. The summed E-state index contributed by atoms with van der Waals surface area (Å²) >= 11 is 0. The molecular formula is C20H24N2O2. The third-order valence-electron chi connectivity index (χ3n) is 6.93. The monoisotopic (exact) mass is 324 g/mol. The third kappa shape index (κ3) is 1.65. The zero-order valence-electron chi connectivity index (χ0n) is 14.2. The van der Waals surface area contributed by atoms with Gasteiger partial charge in [-0.05, 0) is 55.7 Å². The van der Waals surface area contributed by atoms with Crippen LogP contribution in [-0.4, -0.2) is 33.6 Å². The van der Waals surface area contributed by atoms with Crippen LogP contribution in [0.4, 0.5) is 0 Å². The largest absolute Gasteiger partial charge is 0.480 e. The molecule has 1 aromatic carbocycles. The van der Waals surface area contributed by atoms with Crippen molar-refractivity contribution in [1.29, 1.82) is 0 Å². The molecule has 5 rings (SSSR count). The molecule has 1 N–H and O–H groups in total. The topological polar surface area (TPSA) is 45.5 Å². The second kappa shape index (κ2) is 4.85. The average molecular weight is 324 g/mol. The van der Waals surface area contributed by atoms with Gasteiger partial charge < -0.3 is 9.67 Å². The van der Waals surface area contributed by atoms with Gasteiger partial charge in [0, 0.05) is 23.1 Å². The molecule has 2 aromatic rings. The van der Waals surface area contributed by atoms with Gasteiger partial charge in [0.25, 0.3) is 0 Å². The van der Waals surface area contributed by atoms with Crippen molar-refractivity contribution in [1.82, 2.24) is 9.47 Å². The van der Waals surface area contributed by atoms with E-state index in [1.807, 2.05) is 6.07 Å². The third-order valence-corrected chi connectivity index (χ3v) is 6.93. The Morgan fingerprint density at radius 2 is 2.17 bits per heavy atom. The highest BCUT2D eigenvalue weighted by Crippen LogP contribution is 2.59. The van der Waals surface area contributed by atoms with E-state index in [9.17, 15) is 9.90 Å². The Hall–Kier alpha value is -1.81. The summed E-state index contributed by atoms with van der Waals surface area (Å²) < 4.78 is 2.18. The predicted octanol–water partition coefficient (Wildman–Crippen LogP) is 3.76. The molecule has 0 saturated carbocycles. The van der Waals surface area contributed by atoms with E-state index in [0.717, 1.165) is 44.3 Å². The second-order valence-electron chi connectivity index (χ2n) is 7.82. The highest BCUT2D eigenvalue weighted by molar-refractivity contribution is 5.88. The Morgan fingerprint density at radius 3 is 2.96 bits per heavy atom. The van der Waals surface area contributed by atoms with E-state index in [-0.39, 0.29) is 5.41 Å². The SMILES string of the molecule is CC[C@@]12CCCN3CCc4c(n(c5ccccc45)C(C(=O)O)C1)[C@H]32. The lowest BCUT2D eigenvalue weighted by Crippen LogP contribution is -2.53. The number of aliphatic carboxylic acids is 1. The van der Waals surface area contributed by atoms with Gasteiger partial charge in [-0.15, -0.1) is 0 Å². The number of hydrogen-bond acceptors (Lipinski definition) is 2. The van der Waals surface area contributed by atoms with Crippen LogP contribution in [0, 0.1) is 5.41 Å². The summed E-state index contributed by atoms with van der Waals surface area (Å²) in [7, 11) is 0. The van der Waals surface area contributed by atoms with Crippen LogP contribution in [-0.2, 0) is 11.2 Å². The Labute approximate surface area is 142 Å². The van der Waals surface area contributed by atoms with Crippen LogP contribution in [0.3, 0.4) is 0 Å². The number of aromatic nitrogens is 1. The van der Waals surface area contributed by atoms with Crippen molar-refractivity contribution < 1.29 is 9.90 Å². The molecular weight excluding hydrogens is 300 g/mol. The van der Waals surface area contributed by atoms with E-state index < -0.39 is 12.0 Å². The molecule has 0 spiro atoms. The van der Waals surface area contributed by atoms with Crippen LogP contribution in [0.2, 0.25) is 0 Å². The highest BCUT2D eigenvalue weighted by Gasteiger charge is 2.54. The molecule has 4 heteroatoms. The van der Waals surface area contributed by atoms with Gasteiger partial charge in [0.1, 0.15) is 6.04 Å². The molecule has 1 fully saturated rings. The lowest BCUT2D eigenvalue weighted by Gasteiger charge is -2.56. The summed E-state index contributed by atoms with van der Waals surface area (Å²) in [6.45, 7) is 4.53. The summed E-state index contributed by atoms with van der Waals surface area (Å²) in [5.74, 6) is -0.674. The number of fused-ring (bicyclic) bond motifs is 3. The van der Waals surface area contributed by atoms with E-state index in [1.165, 1.54) is 23.1 Å². The number of para-hydroxylation sites is 1. The first kappa shape index (κ1) is 14.5. The molecule has 1 saturated heterocycles. The van der Waals surface area contributed by atoms with E-state index in [0.29, 0.717) is 6.04 Å². The van der Waals surface area contributed by atoms with Crippen molar-refractivity contribution in [3.05, 3.63) is 35.5 Å². The van der Waals surface area contributed by atoms with Crippen molar-refractivity contribution in [3.63, 3.8) is 0 Å². The van der Waals surface area contributed by atoms with Crippen LogP contribution in [0.25, 0.3) is 10.9 Å². The molecule has 1 aromatic heterocycles. The van der Waals surface area contributed by atoms with Gasteiger partial charge in [-0.2, -0.15) is 0 Å². The molecule has 4 heterocycles.